The molecule has 0 aromatic heterocycles. The van der Waals surface area contributed by atoms with Gasteiger partial charge >= 0.3 is 0 Å². The van der Waals surface area contributed by atoms with Crippen LogP contribution in [0.3, 0.4) is 0 Å². The Kier molecular flexibility index (Phi) is 2.86. The Labute approximate surface area is 87.2 Å². The minimum Gasteiger partial charge on any atom is -0.489 e. The van der Waals surface area contributed by atoms with Gasteiger partial charge in [0.25, 0.3) is 0 Å². The molecule has 2 nitrogen and oxygen atoms in total. The van der Waals surface area contributed by atoms with E-state index < -0.39 is 11.6 Å². The highest BCUT2D eigenvalue weighted by Gasteiger charge is 2.22. The van der Waals surface area contributed by atoms with E-state index in [0.29, 0.717) is 18.7 Å². The van der Waals surface area contributed by atoms with E-state index in [0.717, 1.165) is 12.5 Å². The molecule has 1 aliphatic rings. The fourth-order valence-corrected chi connectivity index (χ4v) is 1.83. The first-order chi connectivity index (χ1) is 7.24. The molecule has 2 rings (SSSR count). The molecule has 0 aliphatic carbocycles. The van der Waals surface area contributed by atoms with Crippen LogP contribution >= 0.6 is 0 Å². The average molecular weight is 213 g/mol. The lowest BCUT2D eigenvalue weighted by Gasteiger charge is -2.15. The van der Waals surface area contributed by atoms with Crippen LogP contribution in [0.25, 0.3) is 0 Å². The van der Waals surface area contributed by atoms with Crippen LogP contribution in [0.5, 0.6) is 5.75 Å². The number of ether oxygens (including phenoxy) is 1. The van der Waals surface area contributed by atoms with Crippen molar-refractivity contribution in [1.82, 2.24) is 5.32 Å². The zero-order valence-corrected chi connectivity index (χ0v) is 8.52. The molecule has 0 radical (unpaired) electrons. The van der Waals surface area contributed by atoms with Gasteiger partial charge in [-0.1, -0.05) is 13.0 Å². The summed E-state index contributed by atoms with van der Waals surface area (Å²) in [5.74, 6) is -1.67. The normalized spacial score (nSPS) is 20.3. The molecular weight excluding hydrogens is 200 g/mol. The molecule has 1 aliphatic heterocycles. The SMILES string of the molecule is CCC1NCCOc2c1ccc(F)c2F. The van der Waals surface area contributed by atoms with E-state index in [9.17, 15) is 8.78 Å². The van der Waals surface area contributed by atoms with Gasteiger partial charge in [0.05, 0.1) is 0 Å². The molecule has 0 saturated carbocycles. The molecule has 1 unspecified atom stereocenters. The van der Waals surface area contributed by atoms with E-state index in [2.05, 4.69) is 5.32 Å². The molecule has 1 aromatic rings. The van der Waals surface area contributed by atoms with Gasteiger partial charge in [-0.3, -0.25) is 0 Å². The number of fused-ring (bicyclic) bond motifs is 1. The summed E-state index contributed by atoms with van der Waals surface area (Å²) in [5.41, 5.74) is 0.703. The van der Waals surface area contributed by atoms with Gasteiger partial charge in [0, 0.05) is 18.2 Å². The van der Waals surface area contributed by atoms with Crippen molar-refractivity contribution in [2.24, 2.45) is 0 Å². The van der Waals surface area contributed by atoms with Crippen molar-refractivity contribution in [3.63, 3.8) is 0 Å². The van der Waals surface area contributed by atoms with E-state index in [4.69, 9.17) is 4.74 Å². The van der Waals surface area contributed by atoms with Crippen molar-refractivity contribution < 1.29 is 13.5 Å². The Bertz CT molecular complexity index is 368. The first-order valence-electron chi connectivity index (χ1n) is 5.08. The Morgan fingerprint density at radius 1 is 1.47 bits per heavy atom. The highest BCUT2D eigenvalue weighted by Crippen LogP contribution is 2.32. The standard InChI is InChI=1S/C11H13F2NO/c1-2-9-7-3-4-8(12)10(13)11(7)15-6-5-14-9/h3-4,9,14H,2,5-6H2,1H3. The number of hydrogen-bond donors (Lipinski definition) is 1. The van der Waals surface area contributed by atoms with Crippen LogP contribution in [-0.4, -0.2) is 13.2 Å². The molecule has 0 bridgehead atoms. The molecule has 82 valence electrons. The summed E-state index contributed by atoms with van der Waals surface area (Å²) in [7, 11) is 0. The Balaban J connectivity index is 2.49. The summed E-state index contributed by atoms with van der Waals surface area (Å²) >= 11 is 0. The van der Waals surface area contributed by atoms with E-state index in [1.54, 1.807) is 6.07 Å². The van der Waals surface area contributed by atoms with E-state index in [1.807, 2.05) is 6.92 Å². The topological polar surface area (TPSA) is 21.3 Å². The molecular formula is C11H13F2NO. The van der Waals surface area contributed by atoms with Gasteiger partial charge in [-0.05, 0) is 12.5 Å². The van der Waals surface area contributed by atoms with Gasteiger partial charge < -0.3 is 10.1 Å². The Morgan fingerprint density at radius 3 is 3.00 bits per heavy atom. The summed E-state index contributed by atoms with van der Waals surface area (Å²) in [5, 5.41) is 3.22. The second kappa shape index (κ2) is 4.14. The predicted molar refractivity (Wildman–Crippen MR) is 52.9 cm³/mol. The van der Waals surface area contributed by atoms with Gasteiger partial charge in [0.1, 0.15) is 6.61 Å². The molecule has 0 fully saturated rings. The zero-order valence-electron chi connectivity index (χ0n) is 8.52. The maximum Gasteiger partial charge on any atom is 0.200 e. The van der Waals surface area contributed by atoms with Crippen molar-refractivity contribution in [3.05, 3.63) is 29.3 Å². The minimum atomic E-state index is -0.880. The van der Waals surface area contributed by atoms with Crippen LogP contribution in [-0.2, 0) is 0 Å². The van der Waals surface area contributed by atoms with Crippen molar-refractivity contribution in [3.8, 4) is 5.75 Å². The van der Waals surface area contributed by atoms with Crippen LogP contribution in [0.2, 0.25) is 0 Å². The lowest BCUT2D eigenvalue weighted by Crippen LogP contribution is -2.22. The number of rotatable bonds is 1. The predicted octanol–water partition coefficient (Wildman–Crippen LogP) is 2.40. The maximum atomic E-state index is 13.4. The van der Waals surface area contributed by atoms with E-state index in [-0.39, 0.29) is 11.8 Å². The molecule has 15 heavy (non-hydrogen) atoms. The molecule has 1 aromatic carbocycles. The Hall–Kier alpha value is -1.16. The Morgan fingerprint density at radius 2 is 2.27 bits per heavy atom. The number of hydrogen-bond acceptors (Lipinski definition) is 2. The smallest absolute Gasteiger partial charge is 0.200 e. The lowest BCUT2D eigenvalue weighted by molar-refractivity contribution is 0.302. The molecule has 1 N–H and O–H groups in total. The van der Waals surface area contributed by atoms with Gasteiger partial charge in [-0.15, -0.1) is 0 Å². The zero-order chi connectivity index (χ0) is 10.8. The maximum absolute atomic E-state index is 13.4. The molecule has 0 amide bonds. The third-order valence-electron chi connectivity index (χ3n) is 2.60. The van der Waals surface area contributed by atoms with Crippen molar-refractivity contribution in [2.75, 3.05) is 13.2 Å². The number of benzene rings is 1. The number of nitrogens with one attached hydrogen (secondary N) is 1. The third-order valence-corrected chi connectivity index (χ3v) is 2.60. The second-order valence-electron chi connectivity index (χ2n) is 3.54. The first kappa shape index (κ1) is 10.4. The van der Waals surface area contributed by atoms with E-state index >= 15 is 0 Å². The second-order valence-corrected chi connectivity index (χ2v) is 3.54. The fraction of sp³-hybridized carbons (Fsp3) is 0.455. The fourth-order valence-electron chi connectivity index (χ4n) is 1.83. The average Bonchev–Trinajstić information content (AvgIpc) is 2.45. The van der Waals surface area contributed by atoms with Crippen LogP contribution < -0.4 is 10.1 Å². The van der Waals surface area contributed by atoms with Crippen LogP contribution in [0.1, 0.15) is 24.9 Å². The van der Waals surface area contributed by atoms with E-state index in [1.165, 1.54) is 0 Å². The highest BCUT2D eigenvalue weighted by atomic mass is 19.2. The van der Waals surface area contributed by atoms with Crippen molar-refractivity contribution >= 4 is 0 Å². The largest absolute Gasteiger partial charge is 0.489 e. The van der Waals surface area contributed by atoms with Crippen LogP contribution in [0.15, 0.2) is 12.1 Å². The van der Waals surface area contributed by atoms with Crippen LogP contribution in [0.4, 0.5) is 8.78 Å². The lowest BCUT2D eigenvalue weighted by atomic mass is 10.0. The third kappa shape index (κ3) is 1.81. The van der Waals surface area contributed by atoms with Gasteiger partial charge in [0.15, 0.2) is 11.6 Å². The molecule has 0 spiro atoms. The van der Waals surface area contributed by atoms with Crippen molar-refractivity contribution in [2.45, 2.75) is 19.4 Å². The summed E-state index contributed by atoms with van der Waals surface area (Å²) in [6.45, 7) is 3.01. The monoisotopic (exact) mass is 213 g/mol. The van der Waals surface area contributed by atoms with Gasteiger partial charge in [0.2, 0.25) is 5.82 Å². The van der Waals surface area contributed by atoms with Crippen LogP contribution in [0, 0.1) is 11.6 Å². The van der Waals surface area contributed by atoms with Gasteiger partial charge in [-0.25, -0.2) is 4.39 Å². The summed E-state index contributed by atoms with van der Waals surface area (Å²) in [6, 6.07) is 2.77. The summed E-state index contributed by atoms with van der Waals surface area (Å²) < 4.78 is 31.7. The molecule has 0 saturated heterocycles. The quantitative estimate of drug-likeness (QED) is 0.773. The molecule has 4 heteroatoms. The van der Waals surface area contributed by atoms with Crippen molar-refractivity contribution in [1.29, 1.82) is 0 Å². The molecule has 1 heterocycles. The minimum absolute atomic E-state index is 0.0394. The summed E-state index contributed by atoms with van der Waals surface area (Å²) in [6.07, 6.45) is 0.821. The van der Waals surface area contributed by atoms with Gasteiger partial charge in [-0.2, -0.15) is 4.39 Å². The first-order valence-corrected chi connectivity index (χ1v) is 5.08. The number of halogens is 2. The molecule has 1 atom stereocenters. The summed E-state index contributed by atoms with van der Waals surface area (Å²) in [4.78, 5) is 0. The highest BCUT2D eigenvalue weighted by molar-refractivity contribution is 5.38.